The molecule has 5 heteroatoms. The highest BCUT2D eigenvalue weighted by Crippen LogP contribution is 2.11. The summed E-state index contributed by atoms with van der Waals surface area (Å²) in [6.07, 6.45) is 0. The minimum Gasteiger partial charge on any atom is -0.212 e. The number of alkyl halides is 1. The number of nitrogens with zero attached hydrogens (tertiary/aromatic N) is 1. The molecular formula is C7H16BrNO2S. The molecule has 0 aliphatic rings. The summed E-state index contributed by atoms with van der Waals surface area (Å²) in [4.78, 5) is 0. The molecule has 0 saturated carbocycles. The fraction of sp³-hybridized carbons (Fsp3) is 1.00. The molecule has 0 aliphatic carbocycles. The minimum atomic E-state index is -3.08. The first-order valence-electron chi connectivity index (χ1n) is 3.86. The van der Waals surface area contributed by atoms with Crippen molar-refractivity contribution in [2.75, 3.05) is 12.4 Å². The van der Waals surface area contributed by atoms with Crippen LogP contribution in [-0.2, 0) is 10.0 Å². The van der Waals surface area contributed by atoms with Crippen molar-refractivity contribution in [3.63, 3.8) is 0 Å². The molecule has 1 unspecified atom stereocenters. The highest BCUT2D eigenvalue weighted by atomic mass is 79.9. The summed E-state index contributed by atoms with van der Waals surface area (Å²) < 4.78 is 24.5. The van der Waals surface area contributed by atoms with Crippen LogP contribution in [0.3, 0.4) is 0 Å². The first-order valence-corrected chi connectivity index (χ1v) is 6.49. The van der Waals surface area contributed by atoms with Crippen molar-refractivity contribution in [2.24, 2.45) is 0 Å². The third kappa shape index (κ3) is 2.71. The van der Waals surface area contributed by atoms with Crippen LogP contribution in [0.15, 0.2) is 0 Å². The van der Waals surface area contributed by atoms with Crippen molar-refractivity contribution in [1.82, 2.24) is 4.31 Å². The molecule has 0 aliphatic heterocycles. The van der Waals surface area contributed by atoms with E-state index >= 15 is 0 Å². The molecule has 0 aromatic rings. The smallest absolute Gasteiger partial charge is 0.212 e. The lowest BCUT2D eigenvalue weighted by atomic mass is 10.4. The Balaban J connectivity index is 4.58. The van der Waals surface area contributed by atoms with Crippen LogP contribution >= 0.6 is 15.9 Å². The van der Waals surface area contributed by atoms with Crippen LogP contribution < -0.4 is 0 Å². The topological polar surface area (TPSA) is 37.4 Å². The lowest BCUT2D eigenvalue weighted by Crippen LogP contribution is -2.40. The number of hydrogen-bond donors (Lipinski definition) is 0. The highest BCUT2D eigenvalue weighted by molar-refractivity contribution is 9.09. The predicted octanol–water partition coefficient (Wildman–Crippen LogP) is 1.44. The predicted molar refractivity (Wildman–Crippen MR) is 55.1 cm³/mol. The Kier molecular flexibility index (Phi) is 4.73. The van der Waals surface area contributed by atoms with E-state index in [0.717, 1.165) is 0 Å². The quantitative estimate of drug-likeness (QED) is 0.715. The van der Waals surface area contributed by atoms with Gasteiger partial charge in [0.15, 0.2) is 0 Å². The van der Waals surface area contributed by atoms with Gasteiger partial charge in [-0.15, -0.1) is 0 Å². The summed E-state index contributed by atoms with van der Waals surface area (Å²) in [6, 6.07) is 0.0115. The molecule has 0 amide bonds. The first kappa shape index (κ1) is 12.4. The van der Waals surface area contributed by atoms with E-state index in [0.29, 0.717) is 5.33 Å². The van der Waals surface area contributed by atoms with Crippen LogP contribution in [0.4, 0.5) is 0 Å². The zero-order valence-electron chi connectivity index (χ0n) is 7.91. The average Bonchev–Trinajstić information content (AvgIpc) is 2.01. The number of rotatable bonds is 4. The third-order valence-electron chi connectivity index (χ3n) is 1.84. The second-order valence-electron chi connectivity index (χ2n) is 3.11. The zero-order valence-corrected chi connectivity index (χ0v) is 10.3. The fourth-order valence-corrected chi connectivity index (χ4v) is 2.55. The number of halogens is 1. The molecular weight excluding hydrogens is 242 g/mol. The van der Waals surface area contributed by atoms with Gasteiger partial charge < -0.3 is 0 Å². The van der Waals surface area contributed by atoms with Gasteiger partial charge in [0.1, 0.15) is 0 Å². The summed E-state index contributed by atoms with van der Waals surface area (Å²) in [7, 11) is -1.47. The Morgan fingerprint density at radius 3 is 2.00 bits per heavy atom. The van der Waals surface area contributed by atoms with Gasteiger partial charge in [-0.3, -0.25) is 0 Å². The van der Waals surface area contributed by atoms with E-state index in [-0.39, 0.29) is 11.3 Å². The van der Waals surface area contributed by atoms with Crippen molar-refractivity contribution < 1.29 is 8.42 Å². The standard InChI is InChI=1S/C7H16BrNO2S/c1-6(2)12(10,11)9(4)7(3)5-8/h6-7H,5H2,1-4H3. The van der Waals surface area contributed by atoms with E-state index < -0.39 is 10.0 Å². The summed E-state index contributed by atoms with van der Waals surface area (Å²) in [5.41, 5.74) is 0. The molecule has 1 atom stereocenters. The second kappa shape index (κ2) is 4.58. The maximum Gasteiger partial charge on any atom is 0.216 e. The van der Waals surface area contributed by atoms with Crippen LogP contribution in [0.25, 0.3) is 0 Å². The summed E-state index contributed by atoms with van der Waals surface area (Å²) >= 11 is 3.25. The zero-order chi connectivity index (χ0) is 9.94. The van der Waals surface area contributed by atoms with Gasteiger partial charge in [0.25, 0.3) is 0 Å². The van der Waals surface area contributed by atoms with Gasteiger partial charge in [-0.1, -0.05) is 15.9 Å². The van der Waals surface area contributed by atoms with E-state index in [1.807, 2.05) is 6.92 Å². The molecule has 0 aromatic carbocycles. The van der Waals surface area contributed by atoms with Gasteiger partial charge in [0.2, 0.25) is 10.0 Å². The van der Waals surface area contributed by atoms with Crippen LogP contribution in [0, 0.1) is 0 Å². The maximum atomic E-state index is 11.5. The number of sulfonamides is 1. The molecule has 0 fully saturated rings. The maximum absolute atomic E-state index is 11.5. The van der Waals surface area contributed by atoms with Crippen LogP contribution in [0.2, 0.25) is 0 Å². The molecule has 0 saturated heterocycles. The molecule has 0 bridgehead atoms. The molecule has 0 rings (SSSR count). The Morgan fingerprint density at radius 2 is 1.75 bits per heavy atom. The third-order valence-corrected chi connectivity index (χ3v) is 5.13. The Hall–Kier alpha value is 0.390. The summed E-state index contributed by atoms with van der Waals surface area (Å²) in [5, 5.41) is 0.319. The molecule has 0 aromatic heterocycles. The molecule has 0 radical (unpaired) electrons. The summed E-state index contributed by atoms with van der Waals surface area (Å²) in [6.45, 7) is 5.24. The molecule has 3 nitrogen and oxygen atoms in total. The van der Waals surface area contributed by atoms with Crippen molar-refractivity contribution in [1.29, 1.82) is 0 Å². The van der Waals surface area contributed by atoms with Crippen molar-refractivity contribution >= 4 is 26.0 Å². The Bertz CT molecular complexity index is 226. The van der Waals surface area contributed by atoms with Crippen LogP contribution in [0.1, 0.15) is 20.8 Å². The summed E-state index contributed by atoms with van der Waals surface area (Å²) in [5.74, 6) is 0. The largest absolute Gasteiger partial charge is 0.216 e. The Labute approximate surface area is 83.3 Å². The monoisotopic (exact) mass is 257 g/mol. The normalized spacial score (nSPS) is 15.6. The minimum absolute atomic E-state index is 0.0115. The van der Waals surface area contributed by atoms with Gasteiger partial charge in [0, 0.05) is 18.4 Å². The van der Waals surface area contributed by atoms with E-state index in [2.05, 4.69) is 15.9 Å². The van der Waals surface area contributed by atoms with Gasteiger partial charge >= 0.3 is 0 Å². The Morgan fingerprint density at radius 1 is 1.33 bits per heavy atom. The van der Waals surface area contributed by atoms with Crippen LogP contribution in [0.5, 0.6) is 0 Å². The van der Waals surface area contributed by atoms with Crippen molar-refractivity contribution in [3.8, 4) is 0 Å². The van der Waals surface area contributed by atoms with E-state index in [1.165, 1.54) is 4.31 Å². The lowest BCUT2D eigenvalue weighted by molar-refractivity contribution is 0.411. The van der Waals surface area contributed by atoms with Gasteiger partial charge in [-0.25, -0.2) is 12.7 Å². The van der Waals surface area contributed by atoms with Gasteiger partial charge in [-0.2, -0.15) is 0 Å². The molecule has 0 heterocycles. The van der Waals surface area contributed by atoms with E-state index in [9.17, 15) is 8.42 Å². The SMILES string of the molecule is CC(CBr)N(C)S(=O)(=O)C(C)C. The molecule has 0 spiro atoms. The van der Waals surface area contributed by atoms with E-state index in [4.69, 9.17) is 0 Å². The molecule has 74 valence electrons. The molecule has 12 heavy (non-hydrogen) atoms. The van der Waals surface area contributed by atoms with Crippen molar-refractivity contribution in [3.05, 3.63) is 0 Å². The van der Waals surface area contributed by atoms with Crippen molar-refractivity contribution in [2.45, 2.75) is 32.1 Å². The molecule has 0 N–H and O–H groups in total. The average molecular weight is 258 g/mol. The lowest BCUT2D eigenvalue weighted by Gasteiger charge is -2.24. The first-order chi connectivity index (χ1) is 5.34. The fourth-order valence-electron chi connectivity index (χ4n) is 0.681. The number of hydrogen-bond acceptors (Lipinski definition) is 2. The van der Waals surface area contributed by atoms with Crippen LogP contribution in [-0.4, -0.2) is 36.4 Å². The van der Waals surface area contributed by atoms with Gasteiger partial charge in [-0.05, 0) is 20.8 Å². The van der Waals surface area contributed by atoms with E-state index in [1.54, 1.807) is 20.9 Å². The highest BCUT2D eigenvalue weighted by Gasteiger charge is 2.25. The van der Waals surface area contributed by atoms with Gasteiger partial charge in [0.05, 0.1) is 5.25 Å². The second-order valence-corrected chi connectivity index (χ2v) is 6.31.